The maximum Gasteiger partial charge on any atom is 0.122 e. The second-order valence-corrected chi connectivity index (χ2v) is 4.87. The van der Waals surface area contributed by atoms with Gasteiger partial charge in [0.2, 0.25) is 0 Å². The first-order valence-electron chi connectivity index (χ1n) is 6.74. The minimum atomic E-state index is 0.154. The summed E-state index contributed by atoms with van der Waals surface area (Å²) in [5.41, 5.74) is 1.47. The second kappa shape index (κ2) is 6.21. The normalized spacial score (nSPS) is 18.6. The Kier molecular flexibility index (Phi) is 4.61. The predicted octanol–water partition coefficient (Wildman–Crippen LogP) is 2.35. The molecule has 3 nitrogen and oxygen atoms in total. The molecule has 3 heteroatoms. The van der Waals surface area contributed by atoms with Gasteiger partial charge in [-0.1, -0.05) is 25.1 Å². The molecular weight excluding hydrogens is 226 g/mol. The van der Waals surface area contributed by atoms with Crippen molar-refractivity contribution in [1.29, 1.82) is 0 Å². The Morgan fingerprint density at radius 2 is 2.00 bits per heavy atom. The van der Waals surface area contributed by atoms with E-state index in [9.17, 15) is 0 Å². The Morgan fingerprint density at radius 1 is 1.28 bits per heavy atom. The van der Waals surface area contributed by atoms with Gasteiger partial charge >= 0.3 is 0 Å². The number of para-hydroxylation sites is 1. The van der Waals surface area contributed by atoms with E-state index in [1.165, 1.54) is 5.56 Å². The van der Waals surface area contributed by atoms with Crippen LogP contribution in [0.25, 0.3) is 0 Å². The van der Waals surface area contributed by atoms with Crippen LogP contribution in [-0.4, -0.2) is 33.4 Å². The average molecular weight is 249 g/mol. The fraction of sp³-hybridized carbons (Fsp3) is 0.600. The van der Waals surface area contributed by atoms with E-state index >= 15 is 0 Å². The molecule has 2 rings (SSSR count). The maximum atomic E-state index is 5.53. The van der Waals surface area contributed by atoms with Gasteiger partial charge in [0.1, 0.15) is 5.75 Å². The molecule has 0 saturated carbocycles. The number of likely N-dealkylation sites (N-methyl/N-ethyl adjacent to an activating group) is 1. The lowest BCUT2D eigenvalue weighted by atomic mass is 9.73. The van der Waals surface area contributed by atoms with E-state index in [1.807, 2.05) is 6.07 Å². The first-order valence-corrected chi connectivity index (χ1v) is 6.74. The second-order valence-electron chi connectivity index (χ2n) is 4.87. The van der Waals surface area contributed by atoms with Crippen LogP contribution in [0.4, 0.5) is 0 Å². The molecule has 0 unspecified atom stereocenters. The zero-order valence-electron chi connectivity index (χ0n) is 11.4. The highest BCUT2D eigenvalue weighted by molar-refractivity contribution is 5.40. The standard InChI is InChI=1S/C15H23NO2/c1-3-16-12-15(8-10-18-11-9-15)13-6-4-5-7-14(13)17-2/h4-7,16H,3,8-12H2,1-2H3. The topological polar surface area (TPSA) is 30.5 Å². The molecule has 1 aliphatic rings. The SMILES string of the molecule is CCNCC1(c2ccccc2OC)CCOCC1. The van der Waals surface area contributed by atoms with Crippen LogP contribution in [0.2, 0.25) is 0 Å². The predicted molar refractivity (Wildman–Crippen MR) is 73.3 cm³/mol. The van der Waals surface area contributed by atoms with Gasteiger partial charge in [0.25, 0.3) is 0 Å². The third kappa shape index (κ3) is 2.68. The number of benzene rings is 1. The third-order valence-corrected chi connectivity index (χ3v) is 3.84. The molecule has 0 bridgehead atoms. The van der Waals surface area contributed by atoms with Crippen molar-refractivity contribution in [3.63, 3.8) is 0 Å². The third-order valence-electron chi connectivity index (χ3n) is 3.84. The van der Waals surface area contributed by atoms with Crippen LogP contribution < -0.4 is 10.1 Å². The molecule has 100 valence electrons. The smallest absolute Gasteiger partial charge is 0.122 e. The van der Waals surface area contributed by atoms with E-state index in [0.717, 1.165) is 44.9 Å². The van der Waals surface area contributed by atoms with E-state index in [2.05, 4.69) is 30.4 Å². The van der Waals surface area contributed by atoms with Crippen LogP contribution in [0, 0.1) is 0 Å². The molecule has 0 aliphatic carbocycles. The summed E-state index contributed by atoms with van der Waals surface area (Å²) in [7, 11) is 1.75. The van der Waals surface area contributed by atoms with Crippen molar-refractivity contribution < 1.29 is 9.47 Å². The first-order chi connectivity index (χ1) is 8.82. The number of hydrogen-bond donors (Lipinski definition) is 1. The minimum absolute atomic E-state index is 0.154. The van der Waals surface area contributed by atoms with Gasteiger partial charge in [-0.3, -0.25) is 0 Å². The van der Waals surface area contributed by atoms with Crippen molar-refractivity contribution in [3.8, 4) is 5.75 Å². The van der Waals surface area contributed by atoms with Crippen LogP contribution in [0.3, 0.4) is 0 Å². The summed E-state index contributed by atoms with van der Waals surface area (Å²) in [6, 6.07) is 8.38. The van der Waals surface area contributed by atoms with Gasteiger partial charge in [-0.05, 0) is 25.5 Å². The molecule has 18 heavy (non-hydrogen) atoms. The highest BCUT2D eigenvalue weighted by atomic mass is 16.5. The van der Waals surface area contributed by atoms with Crippen LogP contribution in [0.5, 0.6) is 5.75 Å². The number of methoxy groups -OCH3 is 1. The lowest BCUT2D eigenvalue weighted by molar-refractivity contribution is 0.0492. The van der Waals surface area contributed by atoms with Gasteiger partial charge in [-0.25, -0.2) is 0 Å². The molecule has 1 heterocycles. The number of ether oxygens (including phenoxy) is 2. The van der Waals surface area contributed by atoms with Gasteiger partial charge in [0.05, 0.1) is 7.11 Å². The average Bonchev–Trinajstić information content (AvgIpc) is 2.46. The highest BCUT2D eigenvalue weighted by Crippen LogP contribution is 2.39. The van der Waals surface area contributed by atoms with Gasteiger partial charge in [-0.2, -0.15) is 0 Å². The van der Waals surface area contributed by atoms with Gasteiger partial charge in [-0.15, -0.1) is 0 Å². The van der Waals surface area contributed by atoms with Gasteiger partial charge in [0, 0.05) is 30.7 Å². The van der Waals surface area contributed by atoms with Crippen LogP contribution in [-0.2, 0) is 10.2 Å². The van der Waals surface area contributed by atoms with Crippen molar-refractivity contribution in [2.75, 3.05) is 33.4 Å². The molecule has 0 atom stereocenters. The molecule has 1 aromatic rings. The minimum Gasteiger partial charge on any atom is -0.496 e. The molecule has 0 spiro atoms. The van der Waals surface area contributed by atoms with Crippen molar-refractivity contribution in [2.45, 2.75) is 25.2 Å². The Labute approximate surface area is 109 Å². The van der Waals surface area contributed by atoms with E-state index in [4.69, 9.17) is 9.47 Å². The van der Waals surface area contributed by atoms with Crippen molar-refractivity contribution in [2.24, 2.45) is 0 Å². The Balaban J connectivity index is 2.32. The van der Waals surface area contributed by atoms with Crippen molar-refractivity contribution in [3.05, 3.63) is 29.8 Å². The Bertz CT molecular complexity index is 373. The van der Waals surface area contributed by atoms with E-state index < -0.39 is 0 Å². The summed E-state index contributed by atoms with van der Waals surface area (Å²) in [5, 5.41) is 3.50. The van der Waals surface area contributed by atoms with Crippen LogP contribution in [0.1, 0.15) is 25.3 Å². The monoisotopic (exact) mass is 249 g/mol. The van der Waals surface area contributed by atoms with E-state index in [1.54, 1.807) is 7.11 Å². The molecule has 1 N–H and O–H groups in total. The first kappa shape index (κ1) is 13.4. The largest absolute Gasteiger partial charge is 0.496 e. The molecule has 0 amide bonds. The lowest BCUT2D eigenvalue weighted by Crippen LogP contribution is -2.43. The zero-order chi connectivity index (χ0) is 12.8. The number of rotatable bonds is 5. The summed E-state index contributed by atoms with van der Waals surface area (Å²) in [4.78, 5) is 0. The number of hydrogen-bond acceptors (Lipinski definition) is 3. The van der Waals surface area contributed by atoms with Crippen LogP contribution >= 0.6 is 0 Å². The fourth-order valence-electron chi connectivity index (χ4n) is 2.75. The summed E-state index contributed by atoms with van der Waals surface area (Å²) in [6.07, 6.45) is 2.11. The molecular formula is C15H23NO2. The quantitative estimate of drug-likeness (QED) is 0.869. The summed E-state index contributed by atoms with van der Waals surface area (Å²) >= 11 is 0. The van der Waals surface area contributed by atoms with Crippen molar-refractivity contribution >= 4 is 0 Å². The fourth-order valence-corrected chi connectivity index (χ4v) is 2.75. The van der Waals surface area contributed by atoms with E-state index in [0.29, 0.717) is 0 Å². The van der Waals surface area contributed by atoms with Crippen LogP contribution in [0.15, 0.2) is 24.3 Å². The maximum absolute atomic E-state index is 5.53. The number of nitrogens with one attached hydrogen (secondary N) is 1. The van der Waals surface area contributed by atoms with Gasteiger partial charge in [0.15, 0.2) is 0 Å². The Morgan fingerprint density at radius 3 is 2.67 bits per heavy atom. The summed E-state index contributed by atoms with van der Waals surface area (Å²) in [6.45, 7) is 5.81. The Hall–Kier alpha value is -1.06. The summed E-state index contributed by atoms with van der Waals surface area (Å²) < 4.78 is 11.1. The van der Waals surface area contributed by atoms with Crippen molar-refractivity contribution in [1.82, 2.24) is 5.32 Å². The highest BCUT2D eigenvalue weighted by Gasteiger charge is 2.36. The summed E-state index contributed by atoms with van der Waals surface area (Å²) in [5.74, 6) is 0.998. The molecule has 0 radical (unpaired) electrons. The van der Waals surface area contributed by atoms with E-state index in [-0.39, 0.29) is 5.41 Å². The molecule has 1 aromatic carbocycles. The lowest BCUT2D eigenvalue weighted by Gasteiger charge is -2.38. The molecule has 1 fully saturated rings. The van der Waals surface area contributed by atoms with Gasteiger partial charge < -0.3 is 14.8 Å². The molecule has 0 aromatic heterocycles. The molecule has 1 aliphatic heterocycles. The zero-order valence-corrected chi connectivity index (χ0v) is 11.4. The molecule has 1 saturated heterocycles.